The molecule has 0 unspecified atom stereocenters. The molecule has 1 fully saturated rings. The number of aromatic nitrogens is 1. The lowest BCUT2D eigenvalue weighted by atomic mass is 10.2. The number of para-hydroxylation sites is 2. The van der Waals surface area contributed by atoms with Gasteiger partial charge >= 0.3 is 5.97 Å². The van der Waals surface area contributed by atoms with Gasteiger partial charge in [0.25, 0.3) is 5.91 Å². The lowest BCUT2D eigenvalue weighted by Crippen LogP contribution is -3.15. The molecule has 168 valence electrons. The number of H-pyrrole nitrogens is 1. The van der Waals surface area contributed by atoms with Crippen molar-refractivity contribution in [2.75, 3.05) is 57.2 Å². The van der Waals surface area contributed by atoms with E-state index in [0.29, 0.717) is 28.2 Å². The summed E-state index contributed by atoms with van der Waals surface area (Å²) in [6.07, 6.45) is 0. The van der Waals surface area contributed by atoms with Gasteiger partial charge in [-0.25, -0.2) is 4.79 Å². The van der Waals surface area contributed by atoms with Gasteiger partial charge in [0.15, 0.2) is 6.54 Å². The van der Waals surface area contributed by atoms with Crippen molar-refractivity contribution in [2.24, 2.45) is 0 Å². The van der Waals surface area contributed by atoms with Gasteiger partial charge in [0.2, 0.25) is 0 Å². The van der Waals surface area contributed by atoms with Crippen LogP contribution in [0, 0.1) is 0 Å². The SMILES string of the molecule is COC(=O)c1[nH]c2ccc(Cl)cc2c1NC(=O)C[NH+]1CCN(c2ccccc2OC)CC1. The van der Waals surface area contributed by atoms with Crippen LogP contribution in [0.25, 0.3) is 10.9 Å². The maximum absolute atomic E-state index is 12.9. The second-order valence-electron chi connectivity index (χ2n) is 7.69. The summed E-state index contributed by atoms with van der Waals surface area (Å²) in [4.78, 5) is 31.5. The van der Waals surface area contributed by atoms with Gasteiger partial charge in [-0.2, -0.15) is 0 Å². The van der Waals surface area contributed by atoms with E-state index in [1.807, 2.05) is 24.3 Å². The monoisotopic (exact) mass is 457 g/mol. The standard InChI is InChI=1S/C23H25ClN4O4/c1-31-19-6-4-3-5-18(19)28-11-9-27(10-12-28)14-20(29)26-21-16-13-15(24)7-8-17(16)25-22(21)23(30)32-2/h3-8,13,25H,9-12,14H2,1-2H3,(H,26,29)/p+1. The number of hydrogen-bond donors (Lipinski definition) is 3. The molecule has 9 heteroatoms. The molecular weight excluding hydrogens is 432 g/mol. The summed E-state index contributed by atoms with van der Waals surface area (Å²) in [6.45, 7) is 3.57. The highest BCUT2D eigenvalue weighted by Crippen LogP contribution is 2.31. The summed E-state index contributed by atoms with van der Waals surface area (Å²) in [5.74, 6) is 0.129. The summed E-state index contributed by atoms with van der Waals surface area (Å²) >= 11 is 6.13. The number of hydrogen-bond acceptors (Lipinski definition) is 5. The Morgan fingerprint density at radius 1 is 1.16 bits per heavy atom. The highest BCUT2D eigenvalue weighted by Gasteiger charge is 2.26. The van der Waals surface area contributed by atoms with E-state index < -0.39 is 5.97 Å². The second-order valence-corrected chi connectivity index (χ2v) is 8.13. The Bertz CT molecular complexity index is 1140. The van der Waals surface area contributed by atoms with E-state index in [1.165, 1.54) is 12.0 Å². The number of nitrogens with one attached hydrogen (secondary N) is 3. The van der Waals surface area contributed by atoms with Gasteiger partial charge in [-0.1, -0.05) is 23.7 Å². The fraction of sp³-hybridized carbons (Fsp3) is 0.304. The quantitative estimate of drug-likeness (QED) is 0.492. The predicted octanol–water partition coefficient (Wildman–Crippen LogP) is 1.96. The van der Waals surface area contributed by atoms with E-state index in [4.69, 9.17) is 21.1 Å². The van der Waals surface area contributed by atoms with Crippen molar-refractivity contribution in [1.29, 1.82) is 0 Å². The molecule has 0 saturated carbocycles. The minimum atomic E-state index is -0.551. The van der Waals surface area contributed by atoms with Gasteiger partial charge in [0, 0.05) is 15.9 Å². The van der Waals surface area contributed by atoms with Crippen molar-refractivity contribution in [3.05, 3.63) is 53.2 Å². The van der Waals surface area contributed by atoms with E-state index in [9.17, 15) is 9.59 Å². The lowest BCUT2D eigenvalue weighted by molar-refractivity contribution is -0.892. The van der Waals surface area contributed by atoms with Crippen LogP contribution >= 0.6 is 11.6 Å². The fourth-order valence-electron chi connectivity index (χ4n) is 4.09. The predicted molar refractivity (Wildman–Crippen MR) is 124 cm³/mol. The summed E-state index contributed by atoms with van der Waals surface area (Å²) in [7, 11) is 2.98. The molecule has 0 bridgehead atoms. The number of amides is 1. The zero-order valence-corrected chi connectivity index (χ0v) is 18.8. The molecule has 1 aromatic heterocycles. The first-order chi connectivity index (χ1) is 15.5. The maximum atomic E-state index is 12.9. The van der Waals surface area contributed by atoms with Crippen LogP contribution in [0.4, 0.5) is 11.4 Å². The number of esters is 1. The highest BCUT2D eigenvalue weighted by molar-refractivity contribution is 6.31. The van der Waals surface area contributed by atoms with E-state index in [1.54, 1.807) is 25.3 Å². The molecule has 0 aliphatic carbocycles. The number of ether oxygens (including phenoxy) is 2. The van der Waals surface area contributed by atoms with Gasteiger partial charge in [0.05, 0.1) is 51.8 Å². The minimum Gasteiger partial charge on any atom is -0.495 e. The Balaban J connectivity index is 1.43. The molecule has 3 aromatic rings. The zero-order chi connectivity index (χ0) is 22.7. The van der Waals surface area contributed by atoms with Crippen molar-refractivity contribution in [2.45, 2.75) is 0 Å². The summed E-state index contributed by atoms with van der Waals surface area (Å²) < 4.78 is 10.3. The normalized spacial score (nSPS) is 14.4. The van der Waals surface area contributed by atoms with E-state index in [0.717, 1.165) is 37.6 Å². The van der Waals surface area contributed by atoms with Crippen molar-refractivity contribution in [3.63, 3.8) is 0 Å². The number of halogens is 1. The lowest BCUT2D eigenvalue weighted by Gasteiger charge is -2.34. The highest BCUT2D eigenvalue weighted by atomic mass is 35.5. The molecule has 2 aromatic carbocycles. The molecule has 1 aliphatic rings. The number of methoxy groups -OCH3 is 2. The smallest absolute Gasteiger partial charge is 0.356 e. The molecule has 0 atom stereocenters. The van der Waals surface area contributed by atoms with Crippen LogP contribution in [0.1, 0.15) is 10.5 Å². The first-order valence-corrected chi connectivity index (χ1v) is 10.8. The van der Waals surface area contributed by atoms with Crippen LogP contribution in [0.3, 0.4) is 0 Å². The van der Waals surface area contributed by atoms with Crippen molar-refractivity contribution < 1.29 is 24.0 Å². The molecular formula is C23H26ClN4O4+. The number of benzene rings is 2. The Morgan fingerprint density at radius 2 is 1.91 bits per heavy atom. The third-order valence-corrected chi connectivity index (χ3v) is 5.96. The van der Waals surface area contributed by atoms with Gasteiger partial charge in [0.1, 0.15) is 11.4 Å². The molecule has 1 saturated heterocycles. The number of fused-ring (bicyclic) bond motifs is 1. The number of rotatable bonds is 6. The Hall–Kier alpha value is -3.23. The molecule has 1 aliphatic heterocycles. The van der Waals surface area contributed by atoms with E-state index in [-0.39, 0.29) is 11.6 Å². The van der Waals surface area contributed by atoms with Crippen LogP contribution in [0.2, 0.25) is 5.02 Å². The topological polar surface area (TPSA) is 88.1 Å². The van der Waals surface area contributed by atoms with Crippen molar-refractivity contribution in [3.8, 4) is 5.75 Å². The number of aromatic amines is 1. The van der Waals surface area contributed by atoms with Crippen molar-refractivity contribution >= 4 is 45.8 Å². The fourth-order valence-corrected chi connectivity index (χ4v) is 4.26. The van der Waals surface area contributed by atoms with E-state index >= 15 is 0 Å². The molecule has 0 radical (unpaired) electrons. The van der Waals surface area contributed by atoms with Crippen LogP contribution in [-0.4, -0.2) is 63.8 Å². The van der Waals surface area contributed by atoms with Crippen LogP contribution in [0.15, 0.2) is 42.5 Å². The zero-order valence-electron chi connectivity index (χ0n) is 18.0. The van der Waals surface area contributed by atoms with Crippen LogP contribution in [-0.2, 0) is 9.53 Å². The number of piperazine rings is 1. The average Bonchev–Trinajstić information content (AvgIpc) is 3.16. The minimum absolute atomic E-state index is 0.170. The van der Waals surface area contributed by atoms with Gasteiger partial charge in [-0.05, 0) is 30.3 Å². The summed E-state index contributed by atoms with van der Waals surface area (Å²) in [5, 5.41) is 4.08. The number of anilines is 2. The Labute approximate surface area is 191 Å². The molecule has 3 N–H and O–H groups in total. The largest absolute Gasteiger partial charge is 0.495 e. The first kappa shape index (κ1) is 22.0. The number of carbonyl (C=O) groups is 2. The van der Waals surface area contributed by atoms with Crippen LogP contribution in [0.5, 0.6) is 5.75 Å². The Kier molecular flexibility index (Phi) is 6.53. The molecule has 0 spiro atoms. The third kappa shape index (κ3) is 4.51. The first-order valence-electron chi connectivity index (χ1n) is 10.4. The number of carbonyl (C=O) groups excluding carboxylic acids is 2. The average molecular weight is 458 g/mol. The van der Waals surface area contributed by atoms with Gasteiger partial charge in [-0.3, -0.25) is 4.79 Å². The molecule has 4 rings (SSSR count). The maximum Gasteiger partial charge on any atom is 0.356 e. The molecule has 32 heavy (non-hydrogen) atoms. The third-order valence-electron chi connectivity index (χ3n) is 5.72. The molecule has 2 heterocycles. The molecule has 1 amide bonds. The number of quaternary nitrogens is 1. The van der Waals surface area contributed by atoms with Crippen molar-refractivity contribution in [1.82, 2.24) is 4.98 Å². The number of nitrogens with zero attached hydrogens (tertiary/aromatic N) is 1. The Morgan fingerprint density at radius 3 is 2.62 bits per heavy atom. The second kappa shape index (κ2) is 9.50. The molecule has 8 nitrogen and oxygen atoms in total. The summed E-state index contributed by atoms with van der Waals surface area (Å²) in [5.41, 5.74) is 2.36. The van der Waals surface area contributed by atoms with E-state index in [2.05, 4.69) is 15.2 Å². The van der Waals surface area contributed by atoms with Crippen LogP contribution < -0.4 is 19.9 Å². The van der Waals surface area contributed by atoms with Gasteiger partial charge in [-0.15, -0.1) is 0 Å². The van der Waals surface area contributed by atoms with Gasteiger partial charge < -0.3 is 29.6 Å². The summed E-state index contributed by atoms with van der Waals surface area (Å²) in [6, 6.07) is 13.2.